The van der Waals surface area contributed by atoms with Crippen molar-refractivity contribution in [2.45, 2.75) is 38.1 Å². The van der Waals surface area contributed by atoms with Gasteiger partial charge in [0.15, 0.2) is 11.6 Å². The van der Waals surface area contributed by atoms with E-state index in [4.69, 9.17) is 0 Å². The molecule has 36 heavy (non-hydrogen) atoms. The van der Waals surface area contributed by atoms with E-state index >= 15 is 0 Å². The molecule has 2 aliphatic heterocycles. The van der Waals surface area contributed by atoms with Crippen LogP contribution in [0.15, 0.2) is 42.5 Å². The lowest BCUT2D eigenvalue weighted by Crippen LogP contribution is -2.57. The number of hydrogen-bond donors (Lipinski definition) is 2. The number of imide groups is 1. The van der Waals surface area contributed by atoms with Crippen molar-refractivity contribution >= 4 is 24.5 Å². The topological polar surface area (TPSA) is 64.7 Å². The standard InChI is InChI=1S/C26H31F3N4O2.ClH/c1-17-16-31-26(35)33(24(17)20-5-8-22(28)23(29)15-20)25(34)30-11-2-12-32-13-9-19(10-14-32)18-3-6-21(27)7-4-18;/h3-8,15,17,19,24H,2,9-14,16H2,1H3,(H,30,34)(H,31,35);1H/t17-,24+;/m1./s1. The number of piperidine rings is 1. The Hall–Kier alpha value is -2.78. The summed E-state index contributed by atoms with van der Waals surface area (Å²) in [6, 6.07) is 8.39. The van der Waals surface area contributed by atoms with E-state index in [2.05, 4.69) is 15.5 Å². The second kappa shape index (κ2) is 12.5. The first-order valence-electron chi connectivity index (χ1n) is 12.1. The molecular weight excluding hydrogens is 493 g/mol. The van der Waals surface area contributed by atoms with Gasteiger partial charge in [0.2, 0.25) is 0 Å². The monoisotopic (exact) mass is 524 g/mol. The number of benzene rings is 2. The highest BCUT2D eigenvalue weighted by Crippen LogP contribution is 2.32. The summed E-state index contributed by atoms with van der Waals surface area (Å²) in [4.78, 5) is 28.8. The number of urea groups is 2. The van der Waals surface area contributed by atoms with Crippen molar-refractivity contribution in [3.05, 3.63) is 71.0 Å². The first-order chi connectivity index (χ1) is 16.8. The second-order valence-electron chi connectivity index (χ2n) is 9.40. The third kappa shape index (κ3) is 6.50. The van der Waals surface area contributed by atoms with Crippen molar-refractivity contribution in [2.75, 3.05) is 32.7 Å². The van der Waals surface area contributed by atoms with Crippen molar-refractivity contribution in [3.63, 3.8) is 0 Å². The molecule has 2 N–H and O–H groups in total. The molecule has 0 aromatic heterocycles. The van der Waals surface area contributed by atoms with Crippen LogP contribution in [-0.2, 0) is 0 Å². The number of carbonyl (C=O) groups excluding carboxylic acids is 2. The summed E-state index contributed by atoms with van der Waals surface area (Å²) in [6.07, 6.45) is 2.72. The lowest BCUT2D eigenvalue weighted by atomic mass is 9.89. The first kappa shape index (κ1) is 27.8. The van der Waals surface area contributed by atoms with Gasteiger partial charge in [-0.2, -0.15) is 0 Å². The van der Waals surface area contributed by atoms with E-state index in [-0.39, 0.29) is 24.1 Å². The van der Waals surface area contributed by atoms with Crippen molar-refractivity contribution in [3.8, 4) is 0 Å². The fraction of sp³-hybridized carbons (Fsp3) is 0.462. The van der Waals surface area contributed by atoms with E-state index in [1.54, 1.807) is 0 Å². The Kier molecular flexibility index (Phi) is 9.62. The van der Waals surface area contributed by atoms with Crippen molar-refractivity contribution < 1.29 is 22.8 Å². The molecule has 2 aromatic rings. The van der Waals surface area contributed by atoms with E-state index in [1.165, 1.54) is 23.8 Å². The highest BCUT2D eigenvalue weighted by Gasteiger charge is 2.38. The van der Waals surface area contributed by atoms with Gasteiger partial charge in [-0.25, -0.2) is 27.7 Å². The zero-order valence-corrected chi connectivity index (χ0v) is 21.0. The summed E-state index contributed by atoms with van der Waals surface area (Å²) in [5.74, 6) is -1.95. The Morgan fingerprint density at radius 2 is 1.69 bits per heavy atom. The summed E-state index contributed by atoms with van der Waals surface area (Å²) in [5.41, 5.74) is 1.55. The number of nitrogens with one attached hydrogen (secondary N) is 2. The molecule has 6 nitrogen and oxygen atoms in total. The molecule has 2 fully saturated rings. The van der Waals surface area contributed by atoms with Crippen LogP contribution < -0.4 is 10.6 Å². The molecule has 2 aromatic carbocycles. The van der Waals surface area contributed by atoms with Crippen LogP contribution in [0.3, 0.4) is 0 Å². The van der Waals surface area contributed by atoms with Gasteiger partial charge in [-0.1, -0.05) is 25.1 Å². The highest BCUT2D eigenvalue weighted by molar-refractivity contribution is 5.94. The van der Waals surface area contributed by atoms with Gasteiger partial charge in [0.05, 0.1) is 6.04 Å². The van der Waals surface area contributed by atoms with Gasteiger partial charge in [-0.15, -0.1) is 12.4 Å². The molecule has 2 heterocycles. The van der Waals surface area contributed by atoms with E-state index in [9.17, 15) is 22.8 Å². The van der Waals surface area contributed by atoms with Crippen molar-refractivity contribution in [1.82, 2.24) is 20.4 Å². The SMILES string of the molecule is C[C@@H]1CNC(=O)N(C(=O)NCCCN2CCC(c3ccc(F)cc3)CC2)[C@@H]1c1ccc(F)c(F)c1.Cl. The number of carbonyl (C=O) groups is 2. The van der Waals surface area contributed by atoms with Gasteiger partial charge >= 0.3 is 12.1 Å². The van der Waals surface area contributed by atoms with Crippen LogP contribution in [0.4, 0.5) is 22.8 Å². The van der Waals surface area contributed by atoms with Crippen LogP contribution in [0.1, 0.15) is 49.3 Å². The molecule has 10 heteroatoms. The molecule has 0 radical (unpaired) electrons. The Labute approximate surface area is 215 Å². The van der Waals surface area contributed by atoms with Gasteiger partial charge in [-0.3, -0.25) is 0 Å². The molecule has 0 aliphatic carbocycles. The quantitative estimate of drug-likeness (QED) is 0.510. The first-order valence-corrected chi connectivity index (χ1v) is 12.1. The maximum absolute atomic E-state index is 13.8. The van der Waals surface area contributed by atoms with Crippen LogP contribution in [0.5, 0.6) is 0 Å². The number of likely N-dealkylation sites (tertiary alicyclic amines) is 1. The third-order valence-corrected chi connectivity index (χ3v) is 6.97. The molecule has 0 saturated carbocycles. The third-order valence-electron chi connectivity index (χ3n) is 6.97. The zero-order chi connectivity index (χ0) is 24.9. The van der Waals surface area contributed by atoms with Gasteiger partial charge in [0.25, 0.3) is 0 Å². The van der Waals surface area contributed by atoms with Gasteiger partial charge in [-0.05, 0) is 86.1 Å². The number of nitrogens with zero attached hydrogens (tertiary/aromatic N) is 2. The molecule has 196 valence electrons. The normalized spacial score (nSPS) is 21.0. The molecule has 0 unspecified atom stereocenters. The number of hydrogen-bond acceptors (Lipinski definition) is 3. The number of halogens is 4. The van der Waals surface area contributed by atoms with Crippen molar-refractivity contribution in [1.29, 1.82) is 0 Å². The summed E-state index contributed by atoms with van der Waals surface area (Å²) >= 11 is 0. The Morgan fingerprint density at radius 3 is 2.36 bits per heavy atom. The van der Waals surface area contributed by atoms with Crippen LogP contribution in [0.25, 0.3) is 0 Å². The zero-order valence-electron chi connectivity index (χ0n) is 20.2. The predicted molar refractivity (Wildman–Crippen MR) is 134 cm³/mol. The minimum Gasteiger partial charge on any atom is -0.338 e. The van der Waals surface area contributed by atoms with Crippen LogP contribution in [0.2, 0.25) is 0 Å². The molecular formula is C26H32ClF3N4O2. The molecule has 0 bridgehead atoms. The molecule has 2 aliphatic rings. The molecule has 2 saturated heterocycles. The lowest BCUT2D eigenvalue weighted by molar-refractivity contribution is 0.134. The lowest BCUT2D eigenvalue weighted by Gasteiger charge is -2.39. The molecule has 4 amide bonds. The summed E-state index contributed by atoms with van der Waals surface area (Å²) in [6.45, 7) is 5.24. The number of amides is 4. The minimum atomic E-state index is -1.01. The van der Waals surface area contributed by atoms with Crippen molar-refractivity contribution in [2.24, 2.45) is 5.92 Å². The fourth-order valence-corrected chi connectivity index (χ4v) is 5.03. The van der Waals surface area contributed by atoms with Crippen LogP contribution >= 0.6 is 12.4 Å². The predicted octanol–water partition coefficient (Wildman–Crippen LogP) is 5.21. The summed E-state index contributed by atoms with van der Waals surface area (Å²) in [5, 5.41) is 5.49. The van der Waals surface area contributed by atoms with Crippen LogP contribution in [-0.4, -0.2) is 54.6 Å². The average molecular weight is 525 g/mol. The fourth-order valence-electron chi connectivity index (χ4n) is 5.03. The van der Waals surface area contributed by atoms with Gasteiger partial charge < -0.3 is 15.5 Å². The van der Waals surface area contributed by atoms with Gasteiger partial charge in [0, 0.05) is 13.1 Å². The van der Waals surface area contributed by atoms with E-state index in [0.29, 0.717) is 31.0 Å². The Balaban J connectivity index is 0.00000361. The highest BCUT2D eigenvalue weighted by atomic mass is 35.5. The average Bonchev–Trinajstić information content (AvgIpc) is 2.85. The smallest absolute Gasteiger partial charge is 0.326 e. The molecule has 2 atom stereocenters. The second-order valence-corrected chi connectivity index (χ2v) is 9.40. The summed E-state index contributed by atoms with van der Waals surface area (Å²) in [7, 11) is 0. The summed E-state index contributed by atoms with van der Waals surface area (Å²) < 4.78 is 40.4. The van der Waals surface area contributed by atoms with E-state index in [0.717, 1.165) is 49.5 Å². The van der Waals surface area contributed by atoms with Crippen LogP contribution in [0, 0.1) is 23.4 Å². The minimum absolute atomic E-state index is 0. The molecule has 0 spiro atoms. The van der Waals surface area contributed by atoms with E-state index < -0.39 is 29.7 Å². The largest absolute Gasteiger partial charge is 0.338 e. The van der Waals surface area contributed by atoms with Gasteiger partial charge in [0.1, 0.15) is 5.82 Å². The Bertz CT molecular complexity index is 1050. The maximum Gasteiger partial charge on any atom is 0.326 e. The number of rotatable bonds is 6. The maximum atomic E-state index is 13.8. The Morgan fingerprint density at radius 1 is 1.03 bits per heavy atom. The molecule has 4 rings (SSSR count). The van der Waals surface area contributed by atoms with E-state index in [1.807, 2.05) is 19.1 Å².